The van der Waals surface area contributed by atoms with Gasteiger partial charge in [0.15, 0.2) is 0 Å². The maximum absolute atomic E-state index is 12.3. The highest BCUT2D eigenvalue weighted by atomic mass is 16.6. The maximum atomic E-state index is 12.3. The molecule has 2 heterocycles. The Balaban J connectivity index is 1.81. The molecule has 23 heavy (non-hydrogen) atoms. The molecule has 0 saturated carbocycles. The van der Waals surface area contributed by atoms with Crippen LogP contribution in [0.25, 0.3) is 0 Å². The summed E-state index contributed by atoms with van der Waals surface area (Å²) in [5, 5.41) is 2.74. The zero-order chi connectivity index (χ0) is 16.4. The van der Waals surface area contributed by atoms with Gasteiger partial charge in [-0.2, -0.15) is 0 Å². The van der Waals surface area contributed by atoms with Gasteiger partial charge in [0.05, 0.1) is 12.2 Å². The van der Waals surface area contributed by atoms with E-state index in [1.54, 1.807) is 31.4 Å². The number of hydrogen-bond acceptors (Lipinski definition) is 5. The lowest BCUT2D eigenvalue weighted by Crippen LogP contribution is -2.47. The fourth-order valence-corrected chi connectivity index (χ4v) is 2.98. The molecule has 7 heteroatoms. The van der Waals surface area contributed by atoms with Crippen LogP contribution in [0.5, 0.6) is 0 Å². The lowest BCUT2D eigenvalue weighted by molar-refractivity contribution is -0.145. The van der Waals surface area contributed by atoms with Gasteiger partial charge in [-0.1, -0.05) is 18.2 Å². The van der Waals surface area contributed by atoms with E-state index < -0.39 is 18.2 Å². The van der Waals surface area contributed by atoms with Crippen LogP contribution in [0, 0.1) is 0 Å². The summed E-state index contributed by atoms with van der Waals surface area (Å²) in [5.41, 5.74) is 1.07. The lowest BCUT2D eigenvalue weighted by Gasteiger charge is -2.29. The number of esters is 1. The smallest absolute Gasteiger partial charge is 0.340 e. The third kappa shape index (κ3) is 2.79. The van der Waals surface area contributed by atoms with Crippen molar-refractivity contribution in [3.8, 4) is 0 Å². The van der Waals surface area contributed by atoms with Crippen LogP contribution in [0.2, 0.25) is 0 Å². The lowest BCUT2D eigenvalue weighted by atomic mass is 10.1. The summed E-state index contributed by atoms with van der Waals surface area (Å²) in [6.07, 6.45) is -0.154. The molecular weight excluding hydrogens is 300 g/mol. The summed E-state index contributed by atoms with van der Waals surface area (Å²) < 4.78 is 10.3. The Labute approximate surface area is 133 Å². The van der Waals surface area contributed by atoms with E-state index in [4.69, 9.17) is 9.47 Å². The molecule has 1 saturated heterocycles. The van der Waals surface area contributed by atoms with Crippen LogP contribution in [-0.4, -0.2) is 49.0 Å². The molecule has 2 aliphatic heterocycles. The summed E-state index contributed by atoms with van der Waals surface area (Å²) in [4.78, 5) is 37.9. The van der Waals surface area contributed by atoms with Crippen molar-refractivity contribution in [2.45, 2.75) is 25.1 Å². The summed E-state index contributed by atoms with van der Waals surface area (Å²) in [6, 6.07) is 6.29. The van der Waals surface area contributed by atoms with Gasteiger partial charge in [0, 0.05) is 25.6 Å². The molecular formula is C16H18N2O5. The van der Waals surface area contributed by atoms with Crippen molar-refractivity contribution in [3.05, 3.63) is 35.4 Å². The molecule has 2 amide bonds. The Morgan fingerprint density at radius 2 is 2.17 bits per heavy atom. The van der Waals surface area contributed by atoms with Crippen molar-refractivity contribution in [2.24, 2.45) is 0 Å². The predicted molar refractivity (Wildman–Crippen MR) is 79.4 cm³/mol. The molecule has 1 aromatic carbocycles. The van der Waals surface area contributed by atoms with E-state index in [1.165, 1.54) is 4.90 Å². The molecule has 3 rings (SSSR count). The number of amides is 2. The van der Waals surface area contributed by atoms with E-state index in [1.807, 2.05) is 0 Å². The molecule has 0 spiro atoms. The number of hydrogen-bond donors (Lipinski definition) is 1. The summed E-state index contributed by atoms with van der Waals surface area (Å²) >= 11 is 0. The first kappa shape index (κ1) is 15.5. The maximum Gasteiger partial charge on any atom is 0.340 e. The summed E-state index contributed by atoms with van der Waals surface area (Å²) in [5.74, 6) is -0.913. The molecule has 1 N–H and O–H groups in total. The van der Waals surface area contributed by atoms with Gasteiger partial charge in [-0.3, -0.25) is 14.5 Å². The number of nitrogens with zero attached hydrogens (tertiary/aromatic N) is 1. The number of cyclic esters (lactones) is 1. The number of carbonyl (C=O) groups is 3. The largest absolute Gasteiger partial charge is 0.433 e. The molecule has 1 unspecified atom stereocenters. The third-order valence-electron chi connectivity index (χ3n) is 4.08. The fraction of sp³-hybridized carbons (Fsp3) is 0.438. The second-order valence-corrected chi connectivity index (χ2v) is 5.48. The number of nitrogens with one attached hydrogen (secondary N) is 1. The molecule has 0 radical (unpaired) electrons. The number of carbonyl (C=O) groups excluding carboxylic acids is 3. The normalized spacial score (nSPS) is 22.9. The molecule has 122 valence electrons. The number of ether oxygens (including phenoxy) is 2. The first-order chi connectivity index (χ1) is 11.1. The van der Waals surface area contributed by atoms with E-state index in [9.17, 15) is 14.4 Å². The number of methoxy groups -OCH3 is 1. The second-order valence-electron chi connectivity index (χ2n) is 5.48. The van der Waals surface area contributed by atoms with E-state index in [0.29, 0.717) is 30.7 Å². The topological polar surface area (TPSA) is 84.9 Å². The minimum absolute atomic E-state index is 0.189. The van der Waals surface area contributed by atoms with Gasteiger partial charge in [0.2, 0.25) is 18.0 Å². The number of likely N-dealkylation sites (tertiary alicyclic amines) is 1. The Morgan fingerprint density at radius 1 is 1.39 bits per heavy atom. The van der Waals surface area contributed by atoms with Crippen LogP contribution in [0.4, 0.5) is 0 Å². The van der Waals surface area contributed by atoms with Gasteiger partial charge in [-0.05, 0) is 12.5 Å². The minimum Gasteiger partial charge on any atom is -0.433 e. The van der Waals surface area contributed by atoms with Crippen LogP contribution in [0.1, 0.15) is 35.0 Å². The molecule has 2 atom stereocenters. The van der Waals surface area contributed by atoms with Gasteiger partial charge in [-0.15, -0.1) is 0 Å². The van der Waals surface area contributed by atoms with Crippen molar-refractivity contribution in [1.82, 2.24) is 10.2 Å². The molecule has 0 aliphatic carbocycles. The van der Waals surface area contributed by atoms with Gasteiger partial charge in [0.1, 0.15) is 6.04 Å². The zero-order valence-electron chi connectivity index (χ0n) is 12.8. The highest BCUT2D eigenvalue weighted by molar-refractivity contribution is 5.96. The second kappa shape index (κ2) is 6.37. The molecule has 1 fully saturated rings. The van der Waals surface area contributed by atoms with Crippen molar-refractivity contribution < 1.29 is 23.9 Å². The van der Waals surface area contributed by atoms with E-state index in [0.717, 1.165) is 0 Å². The van der Waals surface area contributed by atoms with Crippen LogP contribution in [0.15, 0.2) is 24.3 Å². The molecule has 1 aromatic rings. The molecule has 0 bridgehead atoms. The Bertz CT molecular complexity index is 645. The Hall–Kier alpha value is -2.41. The number of fused-ring (bicyclic) bond motifs is 1. The van der Waals surface area contributed by atoms with E-state index in [-0.39, 0.29) is 18.2 Å². The number of benzene rings is 1. The standard InChI is InChI=1S/C16H18N2O5/c1-22-9-8-17-14(20)12-6-7-13(19)18(12)15-10-4-2-3-5-11(10)16(21)23-15/h2-5,12,15H,6-9H2,1H3,(H,17,20)/t12-,15?/m0/s1. The van der Waals surface area contributed by atoms with Crippen molar-refractivity contribution in [2.75, 3.05) is 20.3 Å². The molecule has 7 nitrogen and oxygen atoms in total. The van der Waals surface area contributed by atoms with Gasteiger partial charge in [0.25, 0.3) is 0 Å². The molecule has 2 aliphatic rings. The Kier molecular flexibility index (Phi) is 4.29. The van der Waals surface area contributed by atoms with Crippen molar-refractivity contribution >= 4 is 17.8 Å². The third-order valence-corrected chi connectivity index (χ3v) is 4.08. The SMILES string of the molecule is COCCNC(=O)[C@@H]1CCC(=O)N1C1OC(=O)c2ccccc21. The zero-order valence-corrected chi connectivity index (χ0v) is 12.8. The predicted octanol–water partition coefficient (Wildman–Crippen LogP) is 0.609. The van der Waals surface area contributed by atoms with E-state index >= 15 is 0 Å². The fourth-order valence-electron chi connectivity index (χ4n) is 2.98. The average molecular weight is 318 g/mol. The van der Waals surface area contributed by atoms with Crippen LogP contribution in [0.3, 0.4) is 0 Å². The first-order valence-corrected chi connectivity index (χ1v) is 7.51. The van der Waals surface area contributed by atoms with Crippen LogP contribution >= 0.6 is 0 Å². The van der Waals surface area contributed by atoms with Crippen LogP contribution in [-0.2, 0) is 19.1 Å². The summed E-state index contributed by atoms with van der Waals surface area (Å²) in [7, 11) is 1.55. The van der Waals surface area contributed by atoms with Crippen LogP contribution < -0.4 is 5.32 Å². The van der Waals surface area contributed by atoms with Gasteiger partial charge >= 0.3 is 5.97 Å². The van der Waals surface area contributed by atoms with Gasteiger partial charge in [-0.25, -0.2) is 4.79 Å². The highest BCUT2D eigenvalue weighted by Crippen LogP contribution is 2.38. The summed E-state index contributed by atoms with van der Waals surface area (Å²) in [6.45, 7) is 0.766. The van der Waals surface area contributed by atoms with E-state index in [2.05, 4.69) is 5.32 Å². The Morgan fingerprint density at radius 3 is 2.96 bits per heavy atom. The quantitative estimate of drug-likeness (QED) is 0.635. The average Bonchev–Trinajstić information content (AvgIpc) is 3.08. The first-order valence-electron chi connectivity index (χ1n) is 7.51. The molecule has 0 aromatic heterocycles. The highest BCUT2D eigenvalue weighted by Gasteiger charge is 2.46. The number of rotatable bonds is 5. The monoisotopic (exact) mass is 318 g/mol. The van der Waals surface area contributed by atoms with Gasteiger partial charge < -0.3 is 14.8 Å². The minimum atomic E-state index is -0.827. The van der Waals surface area contributed by atoms with Crippen molar-refractivity contribution in [3.63, 3.8) is 0 Å². The van der Waals surface area contributed by atoms with Crippen molar-refractivity contribution in [1.29, 1.82) is 0 Å².